The average Bonchev–Trinajstić information content (AvgIpc) is 2.84. The van der Waals surface area contributed by atoms with Gasteiger partial charge in [0.2, 0.25) is 0 Å². The second-order valence-electron chi connectivity index (χ2n) is 5.38. The van der Waals surface area contributed by atoms with Gasteiger partial charge in [0, 0.05) is 33.4 Å². The van der Waals surface area contributed by atoms with Crippen LogP contribution in [0.15, 0.2) is 18.2 Å². The molecule has 1 aromatic rings. The second-order valence-corrected chi connectivity index (χ2v) is 5.38. The lowest BCUT2D eigenvalue weighted by Gasteiger charge is -2.24. The predicted octanol–water partition coefficient (Wildman–Crippen LogP) is 2.24. The minimum atomic E-state index is 0.307. The van der Waals surface area contributed by atoms with Gasteiger partial charge >= 0.3 is 0 Å². The maximum atomic E-state index is 5.51. The van der Waals surface area contributed by atoms with E-state index in [2.05, 4.69) is 24.0 Å². The summed E-state index contributed by atoms with van der Waals surface area (Å²) in [5.41, 5.74) is 2.52. The number of benzene rings is 1. The van der Waals surface area contributed by atoms with Crippen LogP contribution in [0.4, 0.5) is 0 Å². The Morgan fingerprint density at radius 1 is 1.25 bits per heavy atom. The Balaban J connectivity index is 2.11. The van der Waals surface area contributed by atoms with E-state index in [1.807, 2.05) is 6.07 Å². The Hall–Kier alpha value is -1.10. The molecule has 0 unspecified atom stereocenters. The van der Waals surface area contributed by atoms with Crippen LogP contribution in [-0.2, 0) is 16.0 Å². The summed E-state index contributed by atoms with van der Waals surface area (Å²) >= 11 is 0. The Bertz CT molecular complexity index is 436. The number of rotatable bonds is 6. The van der Waals surface area contributed by atoms with Crippen molar-refractivity contribution in [3.8, 4) is 5.75 Å². The summed E-state index contributed by atoms with van der Waals surface area (Å²) in [6.45, 7) is 4.74. The third kappa shape index (κ3) is 3.32. The molecule has 2 atom stereocenters. The van der Waals surface area contributed by atoms with Gasteiger partial charge in [0.25, 0.3) is 0 Å². The van der Waals surface area contributed by atoms with E-state index in [0.29, 0.717) is 12.1 Å². The molecule has 20 heavy (non-hydrogen) atoms. The number of ether oxygens (including phenoxy) is 3. The van der Waals surface area contributed by atoms with E-state index in [4.69, 9.17) is 14.2 Å². The van der Waals surface area contributed by atoms with Crippen LogP contribution in [0.5, 0.6) is 5.75 Å². The molecular formula is C16H25NO3. The molecule has 1 saturated heterocycles. The molecule has 1 aromatic carbocycles. The van der Waals surface area contributed by atoms with Gasteiger partial charge in [-0.25, -0.2) is 0 Å². The Labute approximate surface area is 121 Å². The smallest absolute Gasteiger partial charge is 0.122 e. The van der Waals surface area contributed by atoms with Crippen LogP contribution in [0.25, 0.3) is 0 Å². The quantitative estimate of drug-likeness (QED) is 0.799. The highest BCUT2D eigenvalue weighted by Gasteiger charge is 2.32. The summed E-state index contributed by atoms with van der Waals surface area (Å²) in [6, 6.07) is 6.65. The molecule has 2 rings (SSSR count). The molecule has 1 aliphatic rings. The molecule has 0 N–H and O–H groups in total. The molecule has 4 nitrogen and oxygen atoms in total. The van der Waals surface area contributed by atoms with Gasteiger partial charge < -0.3 is 14.2 Å². The maximum Gasteiger partial charge on any atom is 0.122 e. The molecule has 0 aromatic heterocycles. The van der Waals surface area contributed by atoms with Crippen molar-refractivity contribution in [2.24, 2.45) is 0 Å². The summed E-state index contributed by atoms with van der Waals surface area (Å²) in [4.78, 5) is 2.44. The first kappa shape index (κ1) is 15.3. The van der Waals surface area contributed by atoms with Gasteiger partial charge in [0.15, 0.2) is 0 Å². The van der Waals surface area contributed by atoms with E-state index < -0.39 is 0 Å². The highest BCUT2D eigenvalue weighted by Crippen LogP contribution is 2.26. The van der Waals surface area contributed by atoms with Crippen LogP contribution in [0, 0.1) is 6.92 Å². The first-order valence-electron chi connectivity index (χ1n) is 7.07. The number of methoxy groups -OCH3 is 3. The minimum Gasteiger partial charge on any atom is -0.496 e. The summed E-state index contributed by atoms with van der Waals surface area (Å²) in [5.74, 6) is 0.952. The van der Waals surface area contributed by atoms with E-state index in [-0.39, 0.29) is 0 Å². The molecular weight excluding hydrogens is 254 g/mol. The van der Waals surface area contributed by atoms with Gasteiger partial charge in [-0.1, -0.05) is 12.1 Å². The largest absolute Gasteiger partial charge is 0.496 e. The first-order chi connectivity index (χ1) is 9.69. The van der Waals surface area contributed by atoms with Gasteiger partial charge in [0.1, 0.15) is 5.75 Å². The van der Waals surface area contributed by atoms with Crippen molar-refractivity contribution in [3.63, 3.8) is 0 Å². The molecule has 1 heterocycles. The molecule has 0 amide bonds. The molecule has 0 bridgehead atoms. The Morgan fingerprint density at radius 3 is 2.70 bits per heavy atom. The highest BCUT2D eigenvalue weighted by molar-refractivity contribution is 5.39. The molecule has 0 aliphatic carbocycles. The number of likely N-dealkylation sites (tertiary alicyclic amines) is 1. The predicted molar refractivity (Wildman–Crippen MR) is 79.2 cm³/mol. The van der Waals surface area contributed by atoms with Gasteiger partial charge in [-0.2, -0.15) is 0 Å². The van der Waals surface area contributed by atoms with Gasteiger partial charge in [-0.15, -0.1) is 0 Å². The number of hydrogen-bond donors (Lipinski definition) is 0. The molecule has 0 radical (unpaired) electrons. The Morgan fingerprint density at radius 2 is 2.05 bits per heavy atom. The van der Waals surface area contributed by atoms with E-state index in [1.54, 1.807) is 21.3 Å². The summed E-state index contributed by atoms with van der Waals surface area (Å²) in [5, 5.41) is 0. The fraction of sp³-hybridized carbons (Fsp3) is 0.625. The van der Waals surface area contributed by atoms with E-state index in [1.165, 1.54) is 11.1 Å². The third-order valence-electron chi connectivity index (χ3n) is 4.17. The second kappa shape index (κ2) is 7.07. The molecule has 0 saturated carbocycles. The van der Waals surface area contributed by atoms with Crippen molar-refractivity contribution in [1.29, 1.82) is 0 Å². The lowest BCUT2D eigenvalue weighted by Crippen LogP contribution is -2.32. The van der Waals surface area contributed by atoms with Crippen LogP contribution in [-0.4, -0.2) is 51.5 Å². The van der Waals surface area contributed by atoms with E-state index >= 15 is 0 Å². The molecule has 4 heteroatoms. The van der Waals surface area contributed by atoms with Crippen molar-refractivity contribution in [3.05, 3.63) is 29.3 Å². The zero-order chi connectivity index (χ0) is 14.5. The van der Waals surface area contributed by atoms with E-state index in [0.717, 1.165) is 31.9 Å². The van der Waals surface area contributed by atoms with Gasteiger partial charge in [0.05, 0.1) is 19.8 Å². The van der Waals surface area contributed by atoms with Crippen LogP contribution in [0.1, 0.15) is 17.5 Å². The van der Waals surface area contributed by atoms with Crippen molar-refractivity contribution >= 4 is 0 Å². The lowest BCUT2D eigenvalue weighted by atomic mass is 10.1. The molecule has 112 valence electrons. The lowest BCUT2D eigenvalue weighted by molar-refractivity contribution is 0.106. The summed E-state index contributed by atoms with van der Waals surface area (Å²) in [6.07, 6.45) is 1.34. The molecule has 1 aliphatic heterocycles. The van der Waals surface area contributed by atoms with Gasteiger partial charge in [-0.3, -0.25) is 4.90 Å². The highest BCUT2D eigenvalue weighted by atomic mass is 16.5. The van der Waals surface area contributed by atoms with Crippen LogP contribution >= 0.6 is 0 Å². The van der Waals surface area contributed by atoms with Gasteiger partial charge in [-0.05, 0) is 30.5 Å². The summed E-state index contributed by atoms with van der Waals surface area (Å²) in [7, 11) is 5.26. The van der Waals surface area contributed by atoms with Crippen LogP contribution in [0.2, 0.25) is 0 Å². The molecule has 0 spiro atoms. The first-order valence-corrected chi connectivity index (χ1v) is 7.07. The number of hydrogen-bond acceptors (Lipinski definition) is 4. The third-order valence-corrected chi connectivity index (χ3v) is 4.17. The monoisotopic (exact) mass is 279 g/mol. The van der Waals surface area contributed by atoms with Crippen molar-refractivity contribution in [1.82, 2.24) is 4.90 Å². The normalized spacial score (nSPS) is 23.2. The molecule has 1 fully saturated rings. The van der Waals surface area contributed by atoms with Crippen molar-refractivity contribution in [2.75, 3.05) is 34.5 Å². The zero-order valence-corrected chi connectivity index (χ0v) is 12.9. The van der Waals surface area contributed by atoms with Crippen LogP contribution < -0.4 is 4.74 Å². The van der Waals surface area contributed by atoms with Crippen molar-refractivity contribution < 1.29 is 14.2 Å². The maximum absolute atomic E-state index is 5.51. The average molecular weight is 279 g/mol. The number of nitrogens with zero attached hydrogens (tertiary/aromatic N) is 1. The SMILES string of the molecule is COC[C@@H]1C[C@H](OC)CN1Cc1cccc(OC)c1C. The van der Waals surface area contributed by atoms with E-state index in [9.17, 15) is 0 Å². The fourth-order valence-corrected chi connectivity index (χ4v) is 2.94. The fourth-order valence-electron chi connectivity index (χ4n) is 2.94. The van der Waals surface area contributed by atoms with Crippen molar-refractivity contribution in [2.45, 2.75) is 32.0 Å². The zero-order valence-electron chi connectivity index (χ0n) is 12.9. The Kier molecular flexibility index (Phi) is 5.40. The van der Waals surface area contributed by atoms with Crippen LogP contribution in [0.3, 0.4) is 0 Å². The standard InChI is InChI=1S/C16H25NO3/c1-12-13(6-5-7-16(12)20-4)9-17-10-15(19-3)8-14(17)11-18-2/h5-7,14-15H,8-11H2,1-4H3/t14-,15-/m0/s1. The topological polar surface area (TPSA) is 30.9 Å². The summed E-state index contributed by atoms with van der Waals surface area (Å²) < 4.78 is 16.2. The minimum absolute atomic E-state index is 0.307.